The SMILES string of the molecule is CCC(CO)NC(=O)Nc1ccc(F)cc1OC(F)F. The third-order valence-electron chi connectivity index (χ3n) is 2.46. The number of halogens is 3. The maximum absolute atomic E-state index is 13.0. The van der Waals surface area contributed by atoms with Crippen LogP contribution in [0.3, 0.4) is 0 Å². The van der Waals surface area contributed by atoms with Crippen LogP contribution in [0.25, 0.3) is 0 Å². The number of carbonyl (C=O) groups excluding carboxylic acids is 1. The number of ether oxygens (including phenoxy) is 1. The molecule has 0 aliphatic rings. The summed E-state index contributed by atoms with van der Waals surface area (Å²) in [6.07, 6.45) is 0.494. The minimum absolute atomic E-state index is 0.100. The quantitative estimate of drug-likeness (QED) is 0.753. The highest BCUT2D eigenvalue weighted by Gasteiger charge is 2.14. The summed E-state index contributed by atoms with van der Waals surface area (Å²) in [7, 11) is 0. The average Bonchev–Trinajstić information content (AvgIpc) is 2.38. The van der Waals surface area contributed by atoms with E-state index in [0.717, 1.165) is 18.2 Å². The minimum atomic E-state index is -3.14. The third kappa shape index (κ3) is 4.96. The minimum Gasteiger partial charge on any atom is -0.432 e. The summed E-state index contributed by atoms with van der Waals surface area (Å²) in [6.45, 7) is -1.64. The summed E-state index contributed by atoms with van der Waals surface area (Å²) >= 11 is 0. The van der Waals surface area contributed by atoms with E-state index in [1.54, 1.807) is 6.92 Å². The highest BCUT2D eigenvalue weighted by Crippen LogP contribution is 2.26. The van der Waals surface area contributed by atoms with Gasteiger partial charge in [0, 0.05) is 6.07 Å². The van der Waals surface area contributed by atoms with Gasteiger partial charge < -0.3 is 20.5 Å². The summed E-state index contributed by atoms with van der Waals surface area (Å²) in [5, 5.41) is 13.6. The van der Waals surface area contributed by atoms with Crippen LogP contribution < -0.4 is 15.4 Å². The molecule has 1 unspecified atom stereocenters. The van der Waals surface area contributed by atoms with Gasteiger partial charge in [-0.15, -0.1) is 0 Å². The molecule has 0 bridgehead atoms. The van der Waals surface area contributed by atoms with E-state index in [1.165, 1.54) is 0 Å². The molecule has 0 aliphatic heterocycles. The first kappa shape index (κ1) is 16.1. The predicted octanol–water partition coefficient (Wildman–Crippen LogP) is 2.32. The molecule has 0 heterocycles. The number of anilines is 1. The van der Waals surface area contributed by atoms with Crippen molar-refractivity contribution < 1.29 is 27.8 Å². The van der Waals surface area contributed by atoms with Crippen molar-refractivity contribution in [3.8, 4) is 5.75 Å². The van der Waals surface area contributed by atoms with E-state index in [9.17, 15) is 18.0 Å². The fourth-order valence-electron chi connectivity index (χ4n) is 1.41. The van der Waals surface area contributed by atoms with Crippen LogP contribution in [-0.4, -0.2) is 30.4 Å². The molecule has 8 heteroatoms. The smallest absolute Gasteiger partial charge is 0.387 e. The number of carbonyl (C=O) groups is 1. The second-order valence-corrected chi connectivity index (χ2v) is 3.91. The van der Waals surface area contributed by atoms with Crippen LogP contribution in [0.1, 0.15) is 13.3 Å². The van der Waals surface area contributed by atoms with E-state index in [1.807, 2.05) is 0 Å². The van der Waals surface area contributed by atoms with Gasteiger partial charge in [0.2, 0.25) is 0 Å². The van der Waals surface area contributed by atoms with E-state index >= 15 is 0 Å². The van der Waals surface area contributed by atoms with Gasteiger partial charge in [-0.3, -0.25) is 0 Å². The number of nitrogens with one attached hydrogen (secondary N) is 2. The van der Waals surface area contributed by atoms with Crippen LogP contribution in [0.2, 0.25) is 0 Å². The van der Waals surface area contributed by atoms with Crippen molar-refractivity contribution in [1.29, 1.82) is 0 Å². The second-order valence-electron chi connectivity index (χ2n) is 3.91. The zero-order chi connectivity index (χ0) is 15.1. The lowest BCUT2D eigenvalue weighted by Gasteiger charge is -2.16. The van der Waals surface area contributed by atoms with Gasteiger partial charge in [-0.25, -0.2) is 9.18 Å². The van der Waals surface area contributed by atoms with Gasteiger partial charge >= 0.3 is 12.6 Å². The van der Waals surface area contributed by atoms with Crippen molar-refractivity contribution >= 4 is 11.7 Å². The molecule has 0 spiro atoms. The van der Waals surface area contributed by atoms with Crippen LogP contribution in [0, 0.1) is 5.82 Å². The van der Waals surface area contributed by atoms with Gasteiger partial charge in [0.15, 0.2) is 5.75 Å². The van der Waals surface area contributed by atoms with Gasteiger partial charge in [0.05, 0.1) is 18.3 Å². The number of aliphatic hydroxyl groups excluding tert-OH is 1. The predicted molar refractivity (Wildman–Crippen MR) is 66.4 cm³/mol. The maximum atomic E-state index is 13.0. The lowest BCUT2D eigenvalue weighted by atomic mass is 10.2. The maximum Gasteiger partial charge on any atom is 0.387 e. The van der Waals surface area contributed by atoms with Gasteiger partial charge in [0.25, 0.3) is 0 Å². The van der Waals surface area contributed by atoms with E-state index < -0.39 is 30.3 Å². The lowest BCUT2D eigenvalue weighted by molar-refractivity contribution is -0.0495. The molecule has 1 rings (SSSR count). The summed E-state index contributed by atoms with van der Waals surface area (Å²) in [5.74, 6) is -1.25. The molecule has 0 radical (unpaired) electrons. The molecule has 0 saturated carbocycles. The van der Waals surface area contributed by atoms with Crippen LogP contribution in [0.15, 0.2) is 18.2 Å². The first-order valence-electron chi connectivity index (χ1n) is 5.89. The third-order valence-corrected chi connectivity index (χ3v) is 2.46. The van der Waals surface area contributed by atoms with E-state index in [4.69, 9.17) is 5.11 Å². The van der Waals surface area contributed by atoms with Crippen molar-refractivity contribution in [3.63, 3.8) is 0 Å². The summed E-state index contributed by atoms with van der Waals surface area (Å²) in [6, 6.07) is 1.67. The molecule has 3 N–H and O–H groups in total. The highest BCUT2D eigenvalue weighted by molar-refractivity contribution is 5.91. The van der Waals surface area contributed by atoms with E-state index in [-0.39, 0.29) is 12.3 Å². The zero-order valence-electron chi connectivity index (χ0n) is 10.7. The largest absolute Gasteiger partial charge is 0.432 e. The Labute approximate surface area is 113 Å². The van der Waals surface area contributed by atoms with Crippen molar-refractivity contribution in [2.45, 2.75) is 26.0 Å². The molecule has 1 aromatic carbocycles. The molecule has 20 heavy (non-hydrogen) atoms. The normalized spacial score (nSPS) is 12.1. The molecule has 1 aromatic rings. The van der Waals surface area contributed by atoms with Crippen molar-refractivity contribution in [2.24, 2.45) is 0 Å². The van der Waals surface area contributed by atoms with Gasteiger partial charge in [-0.2, -0.15) is 8.78 Å². The lowest BCUT2D eigenvalue weighted by Crippen LogP contribution is -2.39. The van der Waals surface area contributed by atoms with Crippen molar-refractivity contribution in [2.75, 3.05) is 11.9 Å². The second kappa shape index (κ2) is 7.59. The molecule has 0 saturated heterocycles. The first-order valence-corrected chi connectivity index (χ1v) is 5.89. The Morgan fingerprint density at radius 1 is 1.45 bits per heavy atom. The van der Waals surface area contributed by atoms with Crippen molar-refractivity contribution in [1.82, 2.24) is 5.32 Å². The molecule has 1 atom stereocenters. The van der Waals surface area contributed by atoms with E-state index in [2.05, 4.69) is 15.4 Å². The Morgan fingerprint density at radius 3 is 2.70 bits per heavy atom. The Hall–Kier alpha value is -1.96. The summed E-state index contributed by atoms with van der Waals surface area (Å²) in [4.78, 5) is 11.6. The number of rotatable bonds is 6. The van der Waals surface area contributed by atoms with Crippen LogP contribution in [-0.2, 0) is 0 Å². The number of benzene rings is 1. The standard InChI is InChI=1S/C12H15F3N2O3/c1-2-8(6-18)16-12(19)17-9-4-3-7(13)5-10(9)20-11(14)15/h3-5,8,11,18H,2,6H2,1H3,(H2,16,17,19). The van der Waals surface area contributed by atoms with Crippen LogP contribution >= 0.6 is 0 Å². The average molecular weight is 292 g/mol. The topological polar surface area (TPSA) is 70.6 Å². The Balaban J connectivity index is 2.78. The van der Waals surface area contributed by atoms with Crippen LogP contribution in [0.4, 0.5) is 23.7 Å². The molecule has 0 fully saturated rings. The fourth-order valence-corrected chi connectivity index (χ4v) is 1.41. The fraction of sp³-hybridized carbons (Fsp3) is 0.417. The Kier molecular flexibility index (Phi) is 6.10. The molecule has 0 aromatic heterocycles. The highest BCUT2D eigenvalue weighted by atomic mass is 19.3. The van der Waals surface area contributed by atoms with Crippen LogP contribution in [0.5, 0.6) is 5.75 Å². The molecule has 112 valence electrons. The number of hydrogen-bond donors (Lipinski definition) is 3. The Morgan fingerprint density at radius 2 is 2.15 bits per heavy atom. The van der Waals surface area contributed by atoms with Gasteiger partial charge in [-0.05, 0) is 18.6 Å². The molecule has 2 amide bonds. The molecule has 0 aliphatic carbocycles. The summed E-state index contributed by atoms with van der Waals surface area (Å²) < 4.78 is 41.5. The first-order chi connectivity index (χ1) is 9.46. The number of amides is 2. The number of alkyl halides is 2. The summed E-state index contributed by atoms with van der Waals surface area (Å²) in [5.41, 5.74) is -0.100. The molecule has 5 nitrogen and oxygen atoms in total. The molecular formula is C12H15F3N2O3. The number of urea groups is 1. The zero-order valence-corrected chi connectivity index (χ0v) is 10.7. The monoisotopic (exact) mass is 292 g/mol. The molecular weight excluding hydrogens is 277 g/mol. The Bertz CT molecular complexity index is 454. The number of aliphatic hydroxyl groups is 1. The van der Waals surface area contributed by atoms with Gasteiger partial charge in [0.1, 0.15) is 5.82 Å². The van der Waals surface area contributed by atoms with Crippen molar-refractivity contribution in [3.05, 3.63) is 24.0 Å². The number of hydrogen-bond acceptors (Lipinski definition) is 3. The van der Waals surface area contributed by atoms with Gasteiger partial charge in [-0.1, -0.05) is 6.92 Å². The van der Waals surface area contributed by atoms with E-state index in [0.29, 0.717) is 6.42 Å².